The van der Waals surface area contributed by atoms with E-state index in [1.54, 1.807) is 13.2 Å². The highest BCUT2D eigenvalue weighted by Gasteiger charge is 1.97. The van der Waals surface area contributed by atoms with Crippen LogP contribution in [-0.4, -0.2) is 13.1 Å². The van der Waals surface area contributed by atoms with E-state index in [1.165, 1.54) is 0 Å². The van der Waals surface area contributed by atoms with Crippen LogP contribution in [0.3, 0.4) is 0 Å². The molecule has 0 aliphatic carbocycles. The number of ether oxygens (including phenoxy) is 1. The number of furan rings is 1. The first-order valence-electron chi connectivity index (χ1n) is 4.46. The second-order valence-corrected chi connectivity index (χ2v) is 3.48. The first-order valence-corrected chi connectivity index (χ1v) is 5.26. The Morgan fingerprint density at radius 3 is 2.80 bits per heavy atom. The SMILES string of the molecule is Brc1cccc2ccoc12.CCOC=O. The van der Waals surface area contributed by atoms with Gasteiger partial charge in [-0.2, -0.15) is 0 Å². The zero-order valence-corrected chi connectivity index (χ0v) is 9.86. The fourth-order valence-electron chi connectivity index (χ4n) is 1.02. The second-order valence-electron chi connectivity index (χ2n) is 2.63. The third-order valence-electron chi connectivity index (χ3n) is 1.67. The normalized spacial score (nSPS) is 9.20. The summed E-state index contributed by atoms with van der Waals surface area (Å²) in [6, 6.07) is 7.91. The number of halogens is 1. The lowest BCUT2D eigenvalue weighted by atomic mass is 10.3. The van der Waals surface area contributed by atoms with Gasteiger partial charge in [0.05, 0.1) is 17.3 Å². The predicted octanol–water partition coefficient (Wildman–Crippen LogP) is 3.37. The minimum absolute atomic E-state index is 0.431. The Bertz CT molecular complexity index is 422. The molecule has 0 fully saturated rings. The highest BCUT2D eigenvalue weighted by Crippen LogP contribution is 2.23. The van der Waals surface area contributed by atoms with Crippen LogP contribution in [0.5, 0.6) is 0 Å². The van der Waals surface area contributed by atoms with Crippen molar-refractivity contribution in [2.24, 2.45) is 0 Å². The van der Waals surface area contributed by atoms with E-state index >= 15 is 0 Å². The van der Waals surface area contributed by atoms with Gasteiger partial charge in [0, 0.05) is 5.39 Å². The summed E-state index contributed by atoms with van der Waals surface area (Å²) < 4.78 is 10.4. The molecule has 15 heavy (non-hydrogen) atoms. The molecule has 3 nitrogen and oxygen atoms in total. The van der Waals surface area contributed by atoms with Crippen LogP contribution >= 0.6 is 15.9 Å². The molecule has 0 radical (unpaired) electrons. The molecule has 1 aromatic carbocycles. The summed E-state index contributed by atoms with van der Waals surface area (Å²) in [5.41, 5.74) is 0.919. The van der Waals surface area contributed by atoms with Crippen molar-refractivity contribution in [3.05, 3.63) is 35.0 Å². The van der Waals surface area contributed by atoms with Gasteiger partial charge < -0.3 is 9.15 Å². The van der Waals surface area contributed by atoms with Gasteiger partial charge in [-0.05, 0) is 35.0 Å². The Balaban J connectivity index is 0.000000195. The van der Waals surface area contributed by atoms with Gasteiger partial charge in [-0.3, -0.25) is 4.79 Å². The van der Waals surface area contributed by atoms with E-state index in [0.717, 1.165) is 15.4 Å². The number of carbonyl (C=O) groups excluding carboxylic acids is 1. The Kier molecular flexibility index (Phi) is 4.90. The van der Waals surface area contributed by atoms with E-state index in [0.29, 0.717) is 13.1 Å². The molecule has 0 bridgehead atoms. The lowest BCUT2D eigenvalue weighted by Crippen LogP contribution is -1.80. The number of carbonyl (C=O) groups is 1. The van der Waals surface area contributed by atoms with Crippen molar-refractivity contribution in [1.82, 2.24) is 0 Å². The predicted molar refractivity (Wildman–Crippen MR) is 61.6 cm³/mol. The average Bonchev–Trinajstić information content (AvgIpc) is 2.69. The lowest BCUT2D eigenvalue weighted by molar-refractivity contribution is -0.128. The lowest BCUT2D eigenvalue weighted by Gasteiger charge is -1.88. The maximum absolute atomic E-state index is 9.18. The number of hydrogen-bond donors (Lipinski definition) is 0. The minimum atomic E-state index is 0.431. The molecule has 0 amide bonds. The Labute approximate surface area is 96.2 Å². The first-order chi connectivity index (χ1) is 7.29. The van der Waals surface area contributed by atoms with Gasteiger partial charge in [-0.1, -0.05) is 12.1 Å². The highest BCUT2D eigenvalue weighted by atomic mass is 79.9. The summed E-state index contributed by atoms with van der Waals surface area (Å²) in [7, 11) is 0. The number of benzene rings is 1. The van der Waals surface area contributed by atoms with Crippen molar-refractivity contribution in [2.75, 3.05) is 6.61 Å². The van der Waals surface area contributed by atoms with Crippen LogP contribution in [-0.2, 0) is 9.53 Å². The fraction of sp³-hybridized carbons (Fsp3) is 0.182. The van der Waals surface area contributed by atoms with Crippen LogP contribution < -0.4 is 0 Å². The molecule has 0 spiro atoms. The van der Waals surface area contributed by atoms with Crippen LogP contribution in [0, 0.1) is 0 Å². The standard InChI is InChI=1S/C8H5BrO.C3H6O2/c9-7-3-1-2-6-4-5-10-8(6)7;1-2-5-3-4/h1-5H;3H,2H2,1H3. The highest BCUT2D eigenvalue weighted by molar-refractivity contribution is 9.10. The zero-order chi connectivity index (χ0) is 11.1. The smallest absolute Gasteiger partial charge is 0.293 e. The van der Waals surface area contributed by atoms with Crippen LogP contribution in [0.15, 0.2) is 39.4 Å². The number of para-hydroxylation sites is 1. The van der Waals surface area contributed by atoms with Gasteiger partial charge in [0.2, 0.25) is 0 Å². The molecule has 0 aliphatic rings. The fourth-order valence-corrected chi connectivity index (χ4v) is 1.50. The molecule has 0 aliphatic heterocycles. The monoisotopic (exact) mass is 270 g/mol. The molecule has 0 saturated heterocycles. The van der Waals surface area contributed by atoms with Gasteiger partial charge in [-0.25, -0.2) is 0 Å². The van der Waals surface area contributed by atoms with Crippen LogP contribution in [0.2, 0.25) is 0 Å². The molecule has 1 heterocycles. The van der Waals surface area contributed by atoms with Crippen LogP contribution in [0.25, 0.3) is 11.0 Å². The summed E-state index contributed by atoms with van der Waals surface area (Å²) in [5.74, 6) is 0. The average molecular weight is 271 g/mol. The summed E-state index contributed by atoms with van der Waals surface area (Å²) in [6.45, 7) is 2.66. The zero-order valence-electron chi connectivity index (χ0n) is 8.27. The van der Waals surface area contributed by atoms with E-state index in [2.05, 4.69) is 20.7 Å². The molecule has 0 saturated carbocycles. The van der Waals surface area contributed by atoms with Crippen LogP contribution in [0.1, 0.15) is 6.92 Å². The molecule has 80 valence electrons. The molecule has 1 aromatic heterocycles. The molecule has 0 unspecified atom stereocenters. The minimum Gasteiger partial charge on any atom is -0.468 e. The third-order valence-corrected chi connectivity index (χ3v) is 2.29. The molecule has 0 N–H and O–H groups in total. The van der Waals surface area contributed by atoms with E-state index < -0.39 is 0 Å². The van der Waals surface area contributed by atoms with E-state index in [9.17, 15) is 4.79 Å². The quantitative estimate of drug-likeness (QED) is 0.786. The van der Waals surface area contributed by atoms with Gasteiger partial charge >= 0.3 is 0 Å². The van der Waals surface area contributed by atoms with E-state index in [1.807, 2.05) is 24.3 Å². The van der Waals surface area contributed by atoms with Crippen molar-refractivity contribution in [2.45, 2.75) is 6.92 Å². The summed E-state index contributed by atoms with van der Waals surface area (Å²) in [5, 5.41) is 1.13. The van der Waals surface area contributed by atoms with Gasteiger partial charge in [-0.15, -0.1) is 0 Å². The number of hydrogen-bond acceptors (Lipinski definition) is 3. The van der Waals surface area contributed by atoms with E-state index in [-0.39, 0.29) is 0 Å². The van der Waals surface area contributed by atoms with Crippen molar-refractivity contribution >= 4 is 33.4 Å². The van der Waals surface area contributed by atoms with Crippen molar-refractivity contribution in [3.63, 3.8) is 0 Å². The molecular formula is C11H11BrO3. The van der Waals surface area contributed by atoms with E-state index in [4.69, 9.17) is 4.42 Å². The van der Waals surface area contributed by atoms with Crippen molar-refractivity contribution in [3.8, 4) is 0 Å². The number of fused-ring (bicyclic) bond motifs is 1. The largest absolute Gasteiger partial charge is 0.468 e. The molecule has 2 aromatic rings. The topological polar surface area (TPSA) is 39.4 Å². The van der Waals surface area contributed by atoms with Gasteiger partial charge in [0.25, 0.3) is 6.47 Å². The maximum Gasteiger partial charge on any atom is 0.293 e. The second kappa shape index (κ2) is 6.24. The maximum atomic E-state index is 9.18. The number of rotatable bonds is 2. The molecule has 0 atom stereocenters. The Hall–Kier alpha value is -1.29. The van der Waals surface area contributed by atoms with Crippen LogP contribution in [0.4, 0.5) is 0 Å². The molecule has 4 heteroatoms. The Morgan fingerprint density at radius 1 is 1.47 bits per heavy atom. The third kappa shape index (κ3) is 3.40. The molecular weight excluding hydrogens is 260 g/mol. The van der Waals surface area contributed by atoms with Gasteiger partial charge in [0.15, 0.2) is 0 Å². The Morgan fingerprint density at radius 2 is 2.27 bits per heavy atom. The first kappa shape index (κ1) is 11.8. The summed E-state index contributed by atoms with van der Waals surface area (Å²) in [4.78, 5) is 9.18. The van der Waals surface area contributed by atoms with Crippen molar-refractivity contribution in [1.29, 1.82) is 0 Å². The summed E-state index contributed by atoms with van der Waals surface area (Å²) >= 11 is 3.38. The molecule has 2 rings (SSSR count). The van der Waals surface area contributed by atoms with Crippen molar-refractivity contribution < 1.29 is 13.9 Å². The van der Waals surface area contributed by atoms with Gasteiger partial charge in [0.1, 0.15) is 5.58 Å². The summed E-state index contributed by atoms with van der Waals surface area (Å²) in [6.07, 6.45) is 1.69.